The molecule has 5 heterocycles. The topological polar surface area (TPSA) is 158 Å². The van der Waals surface area contributed by atoms with E-state index in [9.17, 15) is 19.2 Å². The van der Waals surface area contributed by atoms with Crippen LogP contribution in [0.5, 0.6) is 0 Å². The molecular weight excluding hydrogens is 764 g/mol. The average molecular weight is 804 g/mol. The van der Waals surface area contributed by atoms with Crippen molar-refractivity contribution >= 4 is 79.7 Å². The number of halogens is 1. The molecule has 15 heteroatoms. The monoisotopic (exact) mass is 802 g/mol. The van der Waals surface area contributed by atoms with E-state index >= 15 is 0 Å². The van der Waals surface area contributed by atoms with E-state index in [0.717, 1.165) is 88.1 Å². The van der Waals surface area contributed by atoms with Crippen LogP contribution in [0.1, 0.15) is 70.8 Å². The second kappa shape index (κ2) is 14.5. The Morgan fingerprint density at radius 3 is 2.24 bits per heavy atom. The van der Waals surface area contributed by atoms with Crippen molar-refractivity contribution in [3.8, 4) is 0 Å². The van der Waals surface area contributed by atoms with Crippen molar-refractivity contribution in [3.05, 3.63) is 94.1 Å². The SMILES string of the molecule is O=C1CCC(N2C(=O)c3cc(Br)c(CN4CCN(c5ccc(Nc6ncc7nc(Nc8ccccc8)n(C8CCCC8)c7n6)cc5)CC4)cc3C2=O)C(=O)N1. The predicted molar refractivity (Wildman–Crippen MR) is 211 cm³/mol. The molecule has 0 bridgehead atoms. The van der Waals surface area contributed by atoms with E-state index < -0.39 is 29.7 Å². The summed E-state index contributed by atoms with van der Waals surface area (Å²) in [7, 11) is 0. The number of imidazole rings is 1. The van der Waals surface area contributed by atoms with Gasteiger partial charge in [0.05, 0.1) is 17.3 Å². The Balaban J connectivity index is 0.837. The summed E-state index contributed by atoms with van der Waals surface area (Å²) < 4.78 is 2.98. The Bertz CT molecular complexity index is 2320. The van der Waals surface area contributed by atoms with Crippen molar-refractivity contribution in [3.63, 3.8) is 0 Å². The Morgan fingerprint density at radius 1 is 0.800 bits per heavy atom. The van der Waals surface area contributed by atoms with Crippen molar-refractivity contribution in [2.45, 2.75) is 57.2 Å². The number of hydrogen-bond acceptors (Lipinski definition) is 11. The number of carbonyl (C=O) groups excluding carboxylic acids is 4. The number of nitrogens with one attached hydrogen (secondary N) is 3. The minimum Gasteiger partial charge on any atom is -0.369 e. The summed E-state index contributed by atoms with van der Waals surface area (Å²) >= 11 is 3.62. The summed E-state index contributed by atoms with van der Waals surface area (Å²) in [5, 5.41) is 9.14. The molecule has 4 aliphatic rings. The van der Waals surface area contributed by atoms with Crippen LogP contribution in [-0.2, 0) is 16.1 Å². The molecule has 3 fully saturated rings. The lowest BCUT2D eigenvalue weighted by molar-refractivity contribution is -0.136. The number of piperidine rings is 1. The van der Waals surface area contributed by atoms with Crippen LogP contribution in [-0.4, -0.2) is 85.2 Å². The number of carbonyl (C=O) groups is 4. The van der Waals surface area contributed by atoms with E-state index in [1.807, 2.05) is 42.5 Å². The molecule has 1 saturated carbocycles. The minimum absolute atomic E-state index is 0.0838. The van der Waals surface area contributed by atoms with Gasteiger partial charge >= 0.3 is 0 Å². The average Bonchev–Trinajstić information content (AvgIpc) is 3.90. The van der Waals surface area contributed by atoms with E-state index in [2.05, 4.69) is 63.4 Å². The number of imide groups is 2. The zero-order valence-electron chi connectivity index (χ0n) is 30.0. The van der Waals surface area contributed by atoms with E-state index in [1.165, 1.54) is 12.8 Å². The molecule has 14 nitrogen and oxygen atoms in total. The lowest BCUT2D eigenvalue weighted by Crippen LogP contribution is -2.54. The second-order valence-corrected chi connectivity index (χ2v) is 15.4. The first kappa shape index (κ1) is 35.1. The molecule has 1 atom stereocenters. The van der Waals surface area contributed by atoms with E-state index in [0.29, 0.717) is 18.5 Å². The minimum atomic E-state index is -0.989. The highest BCUT2D eigenvalue weighted by atomic mass is 79.9. The number of fused-ring (bicyclic) bond motifs is 2. The van der Waals surface area contributed by atoms with Crippen molar-refractivity contribution in [1.29, 1.82) is 0 Å². The molecule has 0 spiro atoms. The number of amides is 4. The molecule has 280 valence electrons. The molecule has 2 saturated heterocycles. The summed E-state index contributed by atoms with van der Waals surface area (Å²) in [5.41, 5.74) is 6.01. The van der Waals surface area contributed by atoms with Gasteiger partial charge in [-0.3, -0.25) is 38.9 Å². The summed E-state index contributed by atoms with van der Waals surface area (Å²) in [6.45, 7) is 3.85. The third kappa shape index (κ3) is 6.82. The lowest BCUT2D eigenvalue weighted by atomic mass is 10.0. The lowest BCUT2D eigenvalue weighted by Gasteiger charge is -2.36. The predicted octanol–water partition coefficient (Wildman–Crippen LogP) is 5.91. The van der Waals surface area contributed by atoms with Crippen molar-refractivity contribution < 1.29 is 19.2 Å². The van der Waals surface area contributed by atoms with Gasteiger partial charge in [-0.1, -0.05) is 47.0 Å². The third-order valence-corrected chi connectivity index (χ3v) is 11.8. The van der Waals surface area contributed by atoms with Crippen LogP contribution >= 0.6 is 15.9 Å². The van der Waals surface area contributed by atoms with Gasteiger partial charge in [0.25, 0.3) is 11.8 Å². The fraction of sp³-hybridized carbons (Fsp3) is 0.325. The largest absolute Gasteiger partial charge is 0.369 e. The molecule has 3 aromatic carbocycles. The molecule has 55 heavy (non-hydrogen) atoms. The van der Waals surface area contributed by atoms with Crippen LogP contribution in [0.3, 0.4) is 0 Å². The molecule has 1 aliphatic carbocycles. The molecule has 1 unspecified atom stereocenters. The second-order valence-electron chi connectivity index (χ2n) is 14.5. The number of benzene rings is 3. The summed E-state index contributed by atoms with van der Waals surface area (Å²) in [5.74, 6) is -0.719. The van der Waals surface area contributed by atoms with Crippen LogP contribution in [0.2, 0.25) is 0 Å². The maximum Gasteiger partial charge on any atom is 0.262 e. The number of anilines is 5. The fourth-order valence-corrected chi connectivity index (χ4v) is 8.61. The molecular formula is C40H39BrN10O4. The number of nitrogens with zero attached hydrogens (tertiary/aromatic N) is 7. The zero-order valence-corrected chi connectivity index (χ0v) is 31.6. The third-order valence-electron chi connectivity index (χ3n) is 11.0. The molecule has 3 aliphatic heterocycles. The van der Waals surface area contributed by atoms with E-state index in [4.69, 9.17) is 9.97 Å². The summed E-state index contributed by atoms with van der Waals surface area (Å²) in [6, 6.07) is 21.2. The van der Waals surface area contributed by atoms with Gasteiger partial charge in [0.2, 0.25) is 23.7 Å². The van der Waals surface area contributed by atoms with Crippen LogP contribution in [0.15, 0.2) is 77.4 Å². The Labute approximate surface area is 325 Å². The van der Waals surface area contributed by atoms with Crippen LogP contribution in [0.25, 0.3) is 11.2 Å². The van der Waals surface area contributed by atoms with Gasteiger partial charge in [0.15, 0.2) is 5.65 Å². The highest BCUT2D eigenvalue weighted by Crippen LogP contribution is 2.36. The van der Waals surface area contributed by atoms with Gasteiger partial charge in [-0.15, -0.1) is 0 Å². The number of piperazine rings is 1. The maximum absolute atomic E-state index is 13.4. The van der Waals surface area contributed by atoms with Gasteiger partial charge in [-0.2, -0.15) is 4.98 Å². The first-order valence-electron chi connectivity index (χ1n) is 18.7. The standard InChI is InChI=1S/C40H39BrN10O4/c41-31-21-30-29(37(54)51(38(30)55)33-14-15-34(52)46-36(33)53)20-24(31)23-48-16-18-49(19-17-48)27-12-10-26(11-13-27)43-39-42-22-32-35(47-39)50(28-8-4-5-9-28)40(45-32)44-25-6-2-1-3-7-25/h1-3,6-7,10-13,20-22,28,33H,4-5,8-9,14-19,23H2,(H,44,45)(H,42,43,47)(H,46,52,53). The molecule has 5 aromatic rings. The van der Waals surface area contributed by atoms with Crippen molar-refractivity contribution in [2.75, 3.05) is 41.7 Å². The molecule has 2 aromatic heterocycles. The fourth-order valence-electron chi connectivity index (χ4n) is 8.14. The van der Waals surface area contributed by atoms with Gasteiger partial charge < -0.3 is 15.5 Å². The molecule has 4 amide bonds. The Kier molecular flexibility index (Phi) is 9.26. The van der Waals surface area contributed by atoms with Gasteiger partial charge in [0, 0.05) is 66.7 Å². The van der Waals surface area contributed by atoms with E-state index in [1.54, 1.807) is 18.3 Å². The molecule has 9 rings (SSSR count). The summed E-state index contributed by atoms with van der Waals surface area (Å²) in [6.07, 6.45) is 6.58. The smallest absolute Gasteiger partial charge is 0.262 e. The van der Waals surface area contributed by atoms with Crippen molar-refractivity contribution in [1.82, 2.24) is 34.6 Å². The quantitative estimate of drug-likeness (QED) is 0.152. The van der Waals surface area contributed by atoms with E-state index in [-0.39, 0.29) is 24.0 Å². The highest BCUT2D eigenvalue weighted by molar-refractivity contribution is 9.10. The van der Waals surface area contributed by atoms with Crippen molar-refractivity contribution in [2.24, 2.45) is 0 Å². The van der Waals surface area contributed by atoms with Gasteiger partial charge in [-0.25, -0.2) is 9.97 Å². The van der Waals surface area contributed by atoms with Gasteiger partial charge in [0.1, 0.15) is 11.6 Å². The first-order chi connectivity index (χ1) is 26.8. The zero-order chi connectivity index (χ0) is 37.6. The number of para-hydroxylation sites is 1. The first-order valence-corrected chi connectivity index (χ1v) is 19.5. The van der Waals surface area contributed by atoms with Crippen LogP contribution in [0, 0.1) is 0 Å². The number of aromatic nitrogens is 4. The summed E-state index contributed by atoms with van der Waals surface area (Å²) in [4.78, 5) is 70.8. The number of hydrogen-bond donors (Lipinski definition) is 3. The highest BCUT2D eigenvalue weighted by Gasteiger charge is 2.45. The Hall–Kier alpha value is -5.67. The Morgan fingerprint density at radius 2 is 1.51 bits per heavy atom. The molecule has 3 N–H and O–H groups in total. The normalized spacial score (nSPS) is 19.3. The van der Waals surface area contributed by atoms with Gasteiger partial charge in [-0.05, 0) is 73.4 Å². The molecule has 0 radical (unpaired) electrons. The maximum atomic E-state index is 13.4. The van der Waals surface area contributed by atoms with Crippen LogP contribution in [0.4, 0.5) is 29.0 Å². The van der Waals surface area contributed by atoms with Crippen LogP contribution < -0.4 is 20.9 Å². The number of rotatable bonds is 9.